The summed E-state index contributed by atoms with van der Waals surface area (Å²) in [5.41, 5.74) is 0.758. The molecule has 0 heterocycles. The number of hydrogen-bond donors (Lipinski definition) is 0. The molecule has 3 rings (SSSR count). The van der Waals surface area contributed by atoms with Crippen LogP contribution in [-0.4, -0.2) is 28.0 Å². The van der Waals surface area contributed by atoms with E-state index in [1.54, 1.807) is 30.3 Å². The number of rotatable bonds is 10. The highest BCUT2D eigenvalue weighted by Gasteiger charge is 2.30. The maximum Gasteiger partial charge on any atom is 0.271 e. The topological polar surface area (TPSA) is 72.9 Å². The zero-order valence-corrected chi connectivity index (χ0v) is 20.6. The van der Waals surface area contributed by atoms with Crippen LogP contribution in [0.1, 0.15) is 25.3 Å². The first kappa shape index (κ1) is 25.3. The van der Waals surface area contributed by atoms with Crippen LogP contribution in [0.4, 0.5) is 5.69 Å². The van der Waals surface area contributed by atoms with Gasteiger partial charge in [-0.05, 0) is 48.9 Å². The van der Waals surface area contributed by atoms with Crippen LogP contribution >= 0.6 is 11.6 Å². The molecule has 3 aromatic carbocycles. The predicted molar refractivity (Wildman–Crippen MR) is 135 cm³/mol. The average molecular weight is 500 g/mol. The number of benzene rings is 3. The van der Waals surface area contributed by atoms with Crippen LogP contribution in [0.25, 0.3) is 6.08 Å². The molecule has 0 aliphatic rings. The first-order valence-electron chi connectivity index (χ1n) is 10.8. The number of methoxy groups -OCH3 is 1. The van der Waals surface area contributed by atoms with Gasteiger partial charge < -0.3 is 9.47 Å². The van der Waals surface area contributed by atoms with Gasteiger partial charge in [-0.2, -0.15) is 4.31 Å². The number of sulfonamides is 1. The lowest BCUT2D eigenvalue weighted by molar-refractivity contribution is -0.113. The van der Waals surface area contributed by atoms with Crippen molar-refractivity contribution in [1.82, 2.24) is 0 Å². The third-order valence-corrected chi connectivity index (χ3v) is 6.97. The average Bonchev–Trinajstić information content (AvgIpc) is 2.84. The van der Waals surface area contributed by atoms with E-state index in [4.69, 9.17) is 21.1 Å². The molecule has 178 valence electrons. The summed E-state index contributed by atoms with van der Waals surface area (Å²) in [7, 11) is -2.77. The number of amides is 1. The second-order valence-electron chi connectivity index (χ2n) is 7.31. The van der Waals surface area contributed by atoms with Crippen LogP contribution in [0.3, 0.4) is 0 Å². The standard InChI is InChI=1S/C26H26ClNO5S/c1-3-4-18-33-24-13-9-8-10-20(24)14-17-26(29)28(21-15-16-25(32-2)23(27)19-21)34(30,31)22-11-6-5-7-12-22/h5-17,19H,3-4,18H2,1-2H3/b17-14+. The number of halogens is 1. The summed E-state index contributed by atoms with van der Waals surface area (Å²) in [5.74, 6) is 0.224. The molecule has 0 spiro atoms. The van der Waals surface area contributed by atoms with Crippen molar-refractivity contribution in [2.45, 2.75) is 24.7 Å². The van der Waals surface area contributed by atoms with E-state index in [9.17, 15) is 13.2 Å². The summed E-state index contributed by atoms with van der Waals surface area (Å²) < 4.78 is 38.6. The summed E-state index contributed by atoms with van der Waals surface area (Å²) in [6, 6.07) is 19.4. The lowest BCUT2D eigenvalue weighted by Gasteiger charge is -2.22. The summed E-state index contributed by atoms with van der Waals surface area (Å²) in [5, 5.41) is 0.180. The van der Waals surface area contributed by atoms with Crippen LogP contribution in [0.5, 0.6) is 11.5 Å². The van der Waals surface area contributed by atoms with Gasteiger partial charge in [0.15, 0.2) is 0 Å². The Bertz CT molecular complexity index is 1260. The molecule has 0 N–H and O–H groups in total. The molecule has 0 aromatic heterocycles. The highest BCUT2D eigenvalue weighted by Crippen LogP contribution is 2.32. The molecule has 0 saturated heterocycles. The van der Waals surface area contributed by atoms with Crippen molar-refractivity contribution in [3.8, 4) is 11.5 Å². The number of carbonyl (C=O) groups is 1. The molecule has 0 aliphatic heterocycles. The minimum Gasteiger partial charge on any atom is -0.495 e. The number of carbonyl (C=O) groups excluding carboxylic acids is 1. The van der Waals surface area contributed by atoms with Crippen molar-refractivity contribution in [2.75, 3.05) is 18.0 Å². The van der Waals surface area contributed by atoms with Crippen LogP contribution in [0, 0.1) is 0 Å². The molecular formula is C26H26ClNO5S. The number of unbranched alkanes of at least 4 members (excludes halogenated alkanes) is 1. The van der Waals surface area contributed by atoms with E-state index < -0.39 is 15.9 Å². The molecule has 0 atom stereocenters. The fourth-order valence-electron chi connectivity index (χ4n) is 3.17. The van der Waals surface area contributed by atoms with E-state index in [-0.39, 0.29) is 15.6 Å². The lowest BCUT2D eigenvalue weighted by atomic mass is 10.2. The van der Waals surface area contributed by atoms with Gasteiger partial charge in [0.2, 0.25) is 0 Å². The summed E-state index contributed by atoms with van der Waals surface area (Å²) in [6.07, 6.45) is 4.65. The lowest BCUT2D eigenvalue weighted by Crippen LogP contribution is -2.35. The molecule has 0 radical (unpaired) electrons. The van der Waals surface area contributed by atoms with E-state index in [2.05, 4.69) is 6.92 Å². The van der Waals surface area contributed by atoms with E-state index in [1.807, 2.05) is 18.2 Å². The van der Waals surface area contributed by atoms with Gasteiger partial charge in [-0.3, -0.25) is 4.79 Å². The van der Waals surface area contributed by atoms with Crippen molar-refractivity contribution in [3.05, 3.63) is 89.5 Å². The van der Waals surface area contributed by atoms with Crippen LogP contribution in [0.2, 0.25) is 5.02 Å². The number of nitrogens with zero attached hydrogens (tertiary/aromatic N) is 1. The third kappa shape index (κ3) is 5.98. The normalized spacial score (nSPS) is 11.4. The van der Waals surface area contributed by atoms with Gasteiger partial charge in [0.25, 0.3) is 15.9 Å². The molecule has 0 bridgehead atoms. The van der Waals surface area contributed by atoms with Gasteiger partial charge in [0.05, 0.1) is 29.3 Å². The number of hydrogen-bond acceptors (Lipinski definition) is 5. The highest BCUT2D eigenvalue weighted by molar-refractivity contribution is 7.93. The molecule has 0 aliphatic carbocycles. The molecule has 0 unspecified atom stereocenters. The van der Waals surface area contributed by atoms with E-state index in [0.29, 0.717) is 23.7 Å². The minimum atomic E-state index is -4.22. The van der Waals surface area contributed by atoms with E-state index >= 15 is 0 Å². The van der Waals surface area contributed by atoms with Gasteiger partial charge in [-0.15, -0.1) is 0 Å². The Morgan fingerprint density at radius 3 is 2.38 bits per heavy atom. The summed E-state index contributed by atoms with van der Waals surface area (Å²) >= 11 is 6.24. The smallest absolute Gasteiger partial charge is 0.271 e. The van der Waals surface area contributed by atoms with Crippen LogP contribution in [-0.2, 0) is 14.8 Å². The zero-order valence-electron chi connectivity index (χ0n) is 19.0. The Kier molecular flexibility index (Phi) is 8.73. The molecular weight excluding hydrogens is 474 g/mol. The maximum absolute atomic E-state index is 13.5. The van der Waals surface area contributed by atoms with E-state index in [0.717, 1.165) is 17.1 Å². The molecule has 0 fully saturated rings. The van der Waals surface area contributed by atoms with Crippen LogP contribution < -0.4 is 13.8 Å². The summed E-state index contributed by atoms with van der Waals surface area (Å²) in [4.78, 5) is 13.3. The monoisotopic (exact) mass is 499 g/mol. The SMILES string of the molecule is CCCCOc1ccccc1/C=C/C(=O)N(c1ccc(OC)c(Cl)c1)S(=O)(=O)c1ccccc1. The second kappa shape index (κ2) is 11.7. The largest absolute Gasteiger partial charge is 0.495 e. The highest BCUT2D eigenvalue weighted by atomic mass is 35.5. The number of para-hydroxylation sites is 1. The van der Waals surface area contributed by atoms with Crippen molar-refractivity contribution in [3.63, 3.8) is 0 Å². The van der Waals surface area contributed by atoms with Gasteiger partial charge in [0.1, 0.15) is 11.5 Å². The quantitative estimate of drug-likeness (QED) is 0.254. The Morgan fingerprint density at radius 2 is 1.71 bits per heavy atom. The molecule has 3 aromatic rings. The Hall–Kier alpha value is -3.29. The van der Waals surface area contributed by atoms with Crippen molar-refractivity contribution in [1.29, 1.82) is 0 Å². The van der Waals surface area contributed by atoms with Gasteiger partial charge in [-0.1, -0.05) is 61.3 Å². The van der Waals surface area contributed by atoms with Crippen molar-refractivity contribution < 1.29 is 22.7 Å². The first-order chi connectivity index (χ1) is 16.4. The van der Waals surface area contributed by atoms with E-state index in [1.165, 1.54) is 43.5 Å². The minimum absolute atomic E-state index is 0.0213. The fraction of sp³-hybridized carbons (Fsp3) is 0.192. The third-order valence-electron chi connectivity index (χ3n) is 4.93. The molecule has 34 heavy (non-hydrogen) atoms. The van der Waals surface area contributed by atoms with Gasteiger partial charge >= 0.3 is 0 Å². The molecule has 6 nitrogen and oxygen atoms in total. The predicted octanol–water partition coefficient (Wildman–Crippen LogP) is 5.96. The Balaban J connectivity index is 2.01. The van der Waals surface area contributed by atoms with Gasteiger partial charge in [0, 0.05) is 11.6 Å². The molecule has 8 heteroatoms. The second-order valence-corrected chi connectivity index (χ2v) is 9.51. The summed E-state index contributed by atoms with van der Waals surface area (Å²) in [6.45, 7) is 2.62. The number of ether oxygens (including phenoxy) is 2. The van der Waals surface area contributed by atoms with Gasteiger partial charge in [-0.25, -0.2) is 8.42 Å². The molecule has 1 amide bonds. The Morgan fingerprint density at radius 1 is 1.00 bits per heavy atom. The fourth-order valence-corrected chi connectivity index (χ4v) is 4.82. The number of anilines is 1. The maximum atomic E-state index is 13.5. The van der Waals surface area contributed by atoms with Crippen LogP contribution in [0.15, 0.2) is 83.8 Å². The van der Waals surface area contributed by atoms with Crippen molar-refractivity contribution >= 4 is 39.3 Å². The molecule has 0 saturated carbocycles. The zero-order chi connectivity index (χ0) is 24.6. The first-order valence-corrected chi connectivity index (χ1v) is 12.6. The van der Waals surface area contributed by atoms with Crippen molar-refractivity contribution in [2.24, 2.45) is 0 Å². The Labute approximate surface area is 205 Å².